The Morgan fingerprint density at radius 2 is 1.72 bits per heavy atom. The van der Waals surface area contributed by atoms with Crippen molar-refractivity contribution < 1.29 is 22.7 Å². The van der Waals surface area contributed by atoms with E-state index in [1.54, 1.807) is 55.6 Å². The minimum absolute atomic E-state index is 0.0501. The van der Waals surface area contributed by atoms with Crippen LogP contribution in [0.4, 0.5) is 11.4 Å². The van der Waals surface area contributed by atoms with Gasteiger partial charge in [0.15, 0.2) is 4.75 Å². The Labute approximate surface area is 170 Å². The molecule has 4 rings (SSSR count). The van der Waals surface area contributed by atoms with E-state index in [9.17, 15) is 13.2 Å². The predicted molar refractivity (Wildman–Crippen MR) is 111 cm³/mol. The zero-order chi connectivity index (χ0) is 20.8. The smallest absolute Gasteiger partial charge is 0.250 e. The van der Waals surface area contributed by atoms with Crippen LogP contribution < -0.4 is 19.1 Å². The summed E-state index contributed by atoms with van der Waals surface area (Å²) in [6.07, 6.45) is 0.400. The molecule has 1 saturated heterocycles. The van der Waals surface area contributed by atoms with Crippen LogP contribution in [0.1, 0.15) is 20.3 Å². The summed E-state index contributed by atoms with van der Waals surface area (Å²) < 4.78 is 37.1. The van der Waals surface area contributed by atoms with Crippen molar-refractivity contribution in [3.05, 3.63) is 48.5 Å². The van der Waals surface area contributed by atoms with E-state index in [-0.39, 0.29) is 12.0 Å². The van der Waals surface area contributed by atoms with Gasteiger partial charge in [0.2, 0.25) is 15.9 Å². The normalized spacial score (nSPS) is 24.1. The monoisotopic (exact) mass is 416 g/mol. The third-order valence-corrected chi connectivity index (χ3v) is 7.96. The fraction of sp³-hybridized carbons (Fsp3) is 0.381. The maximum absolute atomic E-state index is 13.2. The Bertz CT molecular complexity index is 1020. The van der Waals surface area contributed by atoms with Gasteiger partial charge in [0.25, 0.3) is 0 Å². The number of nitrogens with one attached hydrogen (secondary N) is 1. The van der Waals surface area contributed by atoms with Gasteiger partial charge in [-0.1, -0.05) is 0 Å². The fourth-order valence-electron chi connectivity index (χ4n) is 3.84. The van der Waals surface area contributed by atoms with E-state index >= 15 is 0 Å². The lowest BCUT2D eigenvalue weighted by Crippen LogP contribution is -2.42. The number of ether oxygens (including phenoxy) is 2. The van der Waals surface area contributed by atoms with Gasteiger partial charge in [-0.15, -0.1) is 0 Å². The van der Waals surface area contributed by atoms with Gasteiger partial charge in [0, 0.05) is 18.2 Å². The summed E-state index contributed by atoms with van der Waals surface area (Å²) >= 11 is 0. The third kappa shape index (κ3) is 3.21. The minimum atomic E-state index is -3.81. The van der Waals surface area contributed by atoms with Crippen LogP contribution in [-0.4, -0.2) is 38.8 Å². The number of amides is 1. The number of rotatable bonds is 6. The van der Waals surface area contributed by atoms with Crippen LogP contribution in [0.15, 0.2) is 48.5 Å². The molecule has 8 heteroatoms. The number of carbonyl (C=O) groups excluding carboxylic acids is 1. The molecular formula is C21H24N2O5S. The van der Waals surface area contributed by atoms with Crippen LogP contribution in [0, 0.1) is 5.92 Å². The van der Waals surface area contributed by atoms with Crippen LogP contribution in [0.25, 0.3) is 0 Å². The van der Waals surface area contributed by atoms with Gasteiger partial charge in [-0.3, -0.25) is 9.10 Å². The van der Waals surface area contributed by atoms with E-state index in [4.69, 9.17) is 9.47 Å². The summed E-state index contributed by atoms with van der Waals surface area (Å²) in [7, 11) is -2.26. The predicted octanol–water partition coefficient (Wildman–Crippen LogP) is 3.03. The lowest BCUT2D eigenvalue weighted by Gasteiger charge is -2.23. The number of hydrogen-bond acceptors (Lipinski definition) is 5. The largest absolute Gasteiger partial charge is 0.497 e. The molecule has 0 bridgehead atoms. The number of nitrogens with zero attached hydrogens (tertiary/aromatic N) is 1. The number of hydrogen-bond donors (Lipinski definition) is 1. The molecule has 7 nitrogen and oxygen atoms in total. The number of methoxy groups -OCH3 is 1. The van der Waals surface area contributed by atoms with Crippen LogP contribution in [0.5, 0.6) is 11.5 Å². The quantitative estimate of drug-likeness (QED) is 0.782. The van der Waals surface area contributed by atoms with Gasteiger partial charge in [-0.05, 0) is 68.8 Å². The fourth-order valence-corrected chi connectivity index (χ4v) is 6.21. The van der Waals surface area contributed by atoms with E-state index in [0.29, 0.717) is 35.8 Å². The molecule has 0 radical (unpaired) electrons. The van der Waals surface area contributed by atoms with Crippen molar-refractivity contribution >= 4 is 27.3 Å². The van der Waals surface area contributed by atoms with Crippen LogP contribution in [0.3, 0.4) is 0 Å². The van der Waals surface area contributed by atoms with E-state index in [0.717, 1.165) is 0 Å². The van der Waals surface area contributed by atoms with Crippen molar-refractivity contribution in [2.75, 3.05) is 23.3 Å². The lowest BCUT2D eigenvalue weighted by atomic mass is 10.2. The summed E-state index contributed by atoms with van der Waals surface area (Å²) in [5, 5.41) is 2.77. The van der Waals surface area contributed by atoms with E-state index < -0.39 is 20.7 Å². The van der Waals surface area contributed by atoms with Crippen molar-refractivity contribution in [3.63, 3.8) is 0 Å². The summed E-state index contributed by atoms with van der Waals surface area (Å²) in [6.45, 7) is 4.17. The highest BCUT2D eigenvalue weighted by atomic mass is 32.2. The van der Waals surface area contributed by atoms with Crippen LogP contribution in [-0.2, 0) is 14.8 Å². The highest BCUT2D eigenvalue weighted by Gasteiger charge is 2.75. The maximum atomic E-state index is 13.2. The lowest BCUT2D eigenvalue weighted by molar-refractivity contribution is -0.116. The number of fused-ring (bicyclic) bond motifs is 1. The molecule has 2 fully saturated rings. The van der Waals surface area contributed by atoms with Crippen molar-refractivity contribution in [3.8, 4) is 11.5 Å². The Hall–Kier alpha value is -2.74. The average molecular weight is 416 g/mol. The molecule has 2 atom stereocenters. The Balaban J connectivity index is 1.52. The molecule has 1 heterocycles. The van der Waals surface area contributed by atoms with Gasteiger partial charge in [0.1, 0.15) is 11.5 Å². The molecule has 1 amide bonds. The van der Waals surface area contributed by atoms with Gasteiger partial charge >= 0.3 is 0 Å². The van der Waals surface area contributed by atoms with Crippen molar-refractivity contribution in [1.82, 2.24) is 0 Å². The second-order valence-electron chi connectivity index (χ2n) is 7.67. The van der Waals surface area contributed by atoms with Gasteiger partial charge in [-0.25, -0.2) is 8.42 Å². The first kappa shape index (κ1) is 19.6. The second kappa shape index (κ2) is 6.95. The third-order valence-electron chi connectivity index (χ3n) is 5.41. The Kier molecular flexibility index (Phi) is 4.69. The molecule has 1 aliphatic heterocycles. The first-order chi connectivity index (χ1) is 13.8. The molecule has 2 aliphatic rings. The van der Waals surface area contributed by atoms with Gasteiger partial charge < -0.3 is 14.8 Å². The zero-order valence-electron chi connectivity index (χ0n) is 16.6. The van der Waals surface area contributed by atoms with E-state index in [1.807, 2.05) is 13.8 Å². The van der Waals surface area contributed by atoms with E-state index in [2.05, 4.69) is 5.32 Å². The summed E-state index contributed by atoms with van der Waals surface area (Å²) in [5.41, 5.74) is 1.09. The molecule has 1 aliphatic carbocycles. The first-order valence-electron chi connectivity index (χ1n) is 9.52. The molecule has 29 heavy (non-hydrogen) atoms. The highest BCUT2D eigenvalue weighted by Crippen LogP contribution is 2.58. The first-order valence-corrected chi connectivity index (χ1v) is 11.0. The summed E-state index contributed by atoms with van der Waals surface area (Å²) in [4.78, 5) is 13.0. The Morgan fingerprint density at radius 1 is 1.10 bits per heavy atom. The Morgan fingerprint density at radius 3 is 2.31 bits per heavy atom. The van der Waals surface area contributed by atoms with Crippen molar-refractivity contribution in [2.45, 2.75) is 31.1 Å². The standard InChI is InChI=1S/C21H24N2O5S/c1-14(2)28-19-8-4-16(5-9-19)22-20(24)21-12-15(21)13-23(29(21,25)26)17-6-10-18(27-3)11-7-17/h4-11,14-15H,12-13H2,1-3H3,(H,22,24)/t15-,21-/m0/s1. The molecule has 0 spiro atoms. The van der Waals surface area contributed by atoms with Crippen LogP contribution in [0.2, 0.25) is 0 Å². The molecule has 0 unspecified atom stereocenters. The van der Waals surface area contributed by atoms with Gasteiger partial charge in [-0.2, -0.15) is 0 Å². The zero-order valence-corrected chi connectivity index (χ0v) is 17.4. The number of sulfonamides is 1. The number of carbonyl (C=O) groups is 1. The van der Waals surface area contributed by atoms with Crippen molar-refractivity contribution in [2.24, 2.45) is 5.92 Å². The highest BCUT2D eigenvalue weighted by molar-refractivity contribution is 7.95. The van der Waals surface area contributed by atoms with Crippen LogP contribution >= 0.6 is 0 Å². The van der Waals surface area contributed by atoms with Crippen molar-refractivity contribution in [1.29, 1.82) is 0 Å². The molecule has 154 valence electrons. The van der Waals surface area contributed by atoms with E-state index in [1.165, 1.54) is 4.31 Å². The summed E-state index contributed by atoms with van der Waals surface area (Å²) in [5.74, 6) is 0.654. The number of benzene rings is 2. The second-order valence-corrected chi connectivity index (χ2v) is 9.79. The molecule has 2 aromatic rings. The summed E-state index contributed by atoms with van der Waals surface area (Å²) in [6, 6.07) is 13.7. The molecule has 1 saturated carbocycles. The van der Waals surface area contributed by atoms with Gasteiger partial charge in [0.05, 0.1) is 18.9 Å². The molecule has 2 aromatic carbocycles. The molecule has 0 aromatic heterocycles. The minimum Gasteiger partial charge on any atom is -0.497 e. The number of anilines is 2. The molecule has 1 N–H and O–H groups in total. The average Bonchev–Trinajstić information content (AvgIpc) is 3.38. The SMILES string of the molecule is COc1ccc(N2C[C@@H]3C[C@]3(C(=O)Nc3ccc(OC(C)C)cc3)S2(=O)=O)cc1. The maximum Gasteiger partial charge on any atom is 0.250 e. The molecular weight excluding hydrogens is 392 g/mol. The topological polar surface area (TPSA) is 84.9 Å².